The van der Waals surface area contributed by atoms with Gasteiger partial charge in [-0.1, -0.05) is 6.42 Å². The zero-order valence-electron chi connectivity index (χ0n) is 13.7. The molecule has 21 heavy (non-hydrogen) atoms. The van der Waals surface area contributed by atoms with Crippen molar-refractivity contribution in [3.05, 3.63) is 0 Å². The maximum Gasteiger partial charge on any atom is 0.279 e. The first-order chi connectivity index (χ1) is 9.79. The fraction of sp³-hybridized carbons (Fsp3) is 1.00. The first kappa shape index (κ1) is 18.8. The molecule has 1 saturated heterocycles. The fourth-order valence-corrected chi connectivity index (χ4v) is 4.42. The van der Waals surface area contributed by atoms with E-state index in [2.05, 4.69) is 37.3 Å². The third kappa shape index (κ3) is 5.49. The average Bonchev–Trinajstić information content (AvgIpc) is 2.42. The number of nitrogens with zero attached hydrogens (tertiary/aromatic N) is 2. The molecule has 0 radical (unpaired) electrons. The van der Waals surface area contributed by atoms with E-state index in [1.54, 1.807) is 0 Å². The minimum atomic E-state index is -3.50. The summed E-state index contributed by atoms with van der Waals surface area (Å²) in [4.78, 5) is 2.25. The number of aliphatic hydroxyl groups excluding tert-OH is 1. The lowest BCUT2D eigenvalue weighted by atomic mass is 10.1. The minimum Gasteiger partial charge on any atom is -0.395 e. The fourth-order valence-electron chi connectivity index (χ4n) is 2.97. The van der Waals surface area contributed by atoms with Crippen molar-refractivity contribution in [3.63, 3.8) is 0 Å². The van der Waals surface area contributed by atoms with Crippen molar-refractivity contribution in [2.45, 2.75) is 65.1 Å². The van der Waals surface area contributed by atoms with Gasteiger partial charge in [0, 0.05) is 37.8 Å². The van der Waals surface area contributed by atoms with Gasteiger partial charge in [0.2, 0.25) is 0 Å². The topological polar surface area (TPSA) is 72.9 Å². The molecular weight excluding hydrogens is 290 g/mol. The Morgan fingerprint density at radius 2 is 1.86 bits per heavy atom. The molecule has 0 aromatic rings. The zero-order chi connectivity index (χ0) is 16.0. The van der Waals surface area contributed by atoms with Gasteiger partial charge in [0.05, 0.1) is 6.61 Å². The van der Waals surface area contributed by atoms with E-state index in [1.807, 2.05) is 0 Å². The summed E-state index contributed by atoms with van der Waals surface area (Å²) in [5, 5.41) is 9.34. The second-order valence-corrected chi connectivity index (χ2v) is 7.98. The molecule has 1 aliphatic rings. The maximum atomic E-state index is 12.4. The third-order valence-corrected chi connectivity index (χ3v) is 5.74. The number of piperidine rings is 1. The van der Waals surface area contributed by atoms with Crippen LogP contribution in [0.25, 0.3) is 0 Å². The Labute approximate surface area is 129 Å². The Kier molecular flexibility index (Phi) is 7.56. The molecule has 0 bridgehead atoms. The van der Waals surface area contributed by atoms with Crippen molar-refractivity contribution in [3.8, 4) is 0 Å². The summed E-state index contributed by atoms with van der Waals surface area (Å²) < 4.78 is 28.8. The van der Waals surface area contributed by atoms with Crippen LogP contribution in [0.3, 0.4) is 0 Å². The van der Waals surface area contributed by atoms with E-state index < -0.39 is 10.2 Å². The Bertz CT molecular complexity index is 390. The lowest BCUT2D eigenvalue weighted by Crippen LogP contribution is -2.52. The lowest BCUT2D eigenvalue weighted by molar-refractivity contribution is 0.152. The lowest BCUT2D eigenvalue weighted by Gasteiger charge is -2.34. The molecule has 0 aromatic heterocycles. The Morgan fingerprint density at radius 1 is 1.24 bits per heavy atom. The molecule has 1 rings (SSSR count). The van der Waals surface area contributed by atoms with Crippen molar-refractivity contribution in [2.24, 2.45) is 0 Å². The summed E-state index contributed by atoms with van der Waals surface area (Å²) in [6.07, 6.45) is 2.58. The molecule has 0 aromatic carbocycles. The predicted octanol–water partition coefficient (Wildman–Crippen LogP) is 0.786. The van der Waals surface area contributed by atoms with E-state index in [1.165, 1.54) is 4.31 Å². The van der Waals surface area contributed by atoms with E-state index in [4.69, 9.17) is 0 Å². The smallest absolute Gasteiger partial charge is 0.279 e. The molecule has 6 nitrogen and oxygen atoms in total. The average molecular weight is 321 g/mol. The molecule has 1 aliphatic heterocycles. The Balaban J connectivity index is 2.56. The van der Waals surface area contributed by atoms with Gasteiger partial charge >= 0.3 is 0 Å². The predicted molar refractivity (Wildman–Crippen MR) is 85.3 cm³/mol. The molecule has 1 atom stereocenters. The van der Waals surface area contributed by atoms with Crippen LogP contribution in [0.2, 0.25) is 0 Å². The molecular formula is C14H31N3O3S. The van der Waals surface area contributed by atoms with E-state index in [-0.39, 0.29) is 12.6 Å². The molecule has 1 fully saturated rings. The SMILES string of the molecule is CC(C)N(CCNS(=O)(=O)N1CCCCC1CO)C(C)C. The van der Waals surface area contributed by atoms with Crippen LogP contribution in [0.15, 0.2) is 0 Å². The van der Waals surface area contributed by atoms with Crippen LogP contribution in [0, 0.1) is 0 Å². The van der Waals surface area contributed by atoms with Crippen LogP contribution in [0.4, 0.5) is 0 Å². The van der Waals surface area contributed by atoms with Crippen LogP contribution in [0.5, 0.6) is 0 Å². The van der Waals surface area contributed by atoms with Crippen LogP contribution in [-0.4, -0.2) is 67.1 Å². The summed E-state index contributed by atoms with van der Waals surface area (Å²) in [6, 6.07) is 0.493. The van der Waals surface area contributed by atoms with Gasteiger partial charge in [-0.2, -0.15) is 12.7 Å². The number of hydrogen-bond acceptors (Lipinski definition) is 4. The molecule has 0 aliphatic carbocycles. The molecule has 2 N–H and O–H groups in total. The van der Waals surface area contributed by atoms with Gasteiger partial charge in [-0.25, -0.2) is 4.72 Å². The van der Waals surface area contributed by atoms with Crippen molar-refractivity contribution >= 4 is 10.2 Å². The maximum absolute atomic E-state index is 12.4. The normalized spacial score (nSPS) is 21.6. The summed E-state index contributed by atoms with van der Waals surface area (Å²) >= 11 is 0. The molecule has 126 valence electrons. The van der Waals surface area contributed by atoms with Gasteiger partial charge in [-0.3, -0.25) is 4.90 Å². The minimum absolute atomic E-state index is 0.106. The van der Waals surface area contributed by atoms with Gasteiger partial charge in [0.25, 0.3) is 10.2 Å². The van der Waals surface area contributed by atoms with Gasteiger partial charge in [0.1, 0.15) is 0 Å². The van der Waals surface area contributed by atoms with Crippen molar-refractivity contribution in [2.75, 3.05) is 26.2 Å². The number of nitrogens with one attached hydrogen (secondary N) is 1. The second kappa shape index (κ2) is 8.43. The van der Waals surface area contributed by atoms with Gasteiger partial charge in [-0.15, -0.1) is 0 Å². The molecule has 1 unspecified atom stereocenters. The summed E-state index contributed by atoms with van der Waals surface area (Å²) in [5.74, 6) is 0. The highest BCUT2D eigenvalue weighted by atomic mass is 32.2. The zero-order valence-corrected chi connectivity index (χ0v) is 14.6. The Morgan fingerprint density at radius 3 is 2.38 bits per heavy atom. The number of aliphatic hydroxyl groups is 1. The highest BCUT2D eigenvalue weighted by Crippen LogP contribution is 2.19. The van der Waals surface area contributed by atoms with Crippen LogP contribution in [-0.2, 0) is 10.2 Å². The number of hydrogen-bond donors (Lipinski definition) is 2. The largest absolute Gasteiger partial charge is 0.395 e. The molecule has 0 saturated carbocycles. The molecule has 0 amide bonds. The highest BCUT2D eigenvalue weighted by Gasteiger charge is 2.31. The van der Waals surface area contributed by atoms with Crippen LogP contribution >= 0.6 is 0 Å². The van der Waals surface area contributed by atoms with Crippen molar-refractivity contribution in [1.29, 1.82) is 0 Å². The summed E-state index contributed by atoms with van der Waals surface area (Å²) in [6.45, 7) is 9.92. The summed E-state index contributed by atoms with van der Waals surface area (Å²) in [7, 11) is -3.50. The van der Waals surface area contributed by atoms with Crippen molar-refractivity contribution < 1.29 is 13.5 Å². The van der Waals surface area contributed by atoms with Gasteiger partial charge in [-0.05, 0) is 40.5 Å². The molecule has 1 heterocycles. The van der Waals surface area contributed by atoms with Crippen molar-refractivity contribution in [1.82, 2.24) is 13.9 Å². The van der Waals surface area contributed by atoms with Crippen LogP contribution in [0.1, 0.15) is 47.0 Å². The first-order valence-corrected chi connectivity index (χ1v) is 9.36. The quantitative estimate of drug-likeness (QED) is 0.693. The first-order valence-electron chi connectivity index (χ1n) is 7.92. The van der Waals surface area contributed by atoms with E-state index in [0.717, 1.165) is 19.3 Å². The van der Waals surface area contributed by atoms with Gasteiger partial charge in [0.15, 0.2) is 0 Å². The van der Waals surface area contributed by atoms with Gasteiger partial charge < -0.3 is 5.11 Å². The molecule has 7 heteroatoms. The monoisotopic (exact) mass is 321 g/mol. The highest BCUT2D eigenvalue weighted by molar-refractivity contribution is 7.87. The van der Waals surface area contributed by atoms with E-state index >= 15 is 0 Å². The standard InChI is InChI=1S/C14H31N3O3S/c1-12(2)16(13(3)4)10-8-15-21(19,20)17-9-6-5-7-14(17)11-18/h12-15,18H,5-11H2,1-4H3. The summed E-state index contributed by atoms with van der Waals surface area (Å²) in [5.41, 5.74) is 0. The third-order valence-electron chi connectivity index (χ3n) is 4.07. The Hall–Kier alpha value is -0.210. The van der Waals surface area contributed by atoms with E-state index in [9.17, 15) is 13.5 Å². The van der Waals surface area contributed by atoms with E-state index in [0.29, 0.717) is 31.7 Å². The van der Waals surface area contributed by atoms with Crippen LogP contribution < -0.4 is 4.72 Å². The number of rotatable bonds is 8. The second-order valence-electron chi connectivity index (χ2n) is 6.27. The molecule has 0 spiro atoms.